The molecule has 0 amide bonds. The minimum atomic E-state index is -3.49. The summed E-state index contributed by atoms with van der Waals surface area (Å²) in [5.41, 5.74) is 2.38. The largest absolute Gasteiger partial charge is 0.353 e. The Morgan fingerprint density at radius 1 is 0.879 bits per heavy atom. The van der Waals surface area contributed by atoms with Crippen LogP contribution >= 0.6 is 11.3 Å². The zero-order chi connectivity index (χ0) is 23.0. The summed E-state index contributed by atoms with van der Waals surface area (Å²) in [7, 11) is -3.49. The van der Waals surface area contributed by atoms with Gasteiger partial charge in [-0.25, -0.2) is 18.4 Å². The monoisotopic (exact) mass is 478 g/mol. The number of aromatic nitrogens is 2. The van der Waals surface area contributed by atoms with Gasteiger partial charge in [-0.2, -0.15) is 4.31 Å². The van der Waals surface area contributed by atoms with Gasteiger partial charge in [0.1, 0.15) is 16.5 Å². The van der Waals surface area contributed by atoms with Gasteiger partial charge in [-0.05, 0) is 37.1 Å². The van der Waals surface area contributed by atoms with Gasteiger partial charge in [0, 0.05) is 37.5 Å². The van der Waals surface area contributed by atoms with E-state index in [4.69, 9.17) is 9.97 Å². The molecule has 0 bridgehead atoms. The molecule has 33 heavy (non-hydrogen) atoms. The Kier molecular flexibility index (Phi) is 5.90. The normalized spacial score (nSPS) is 15.3. The van der Waals surface area contributed by atoms with Crippen molar-refractivity contribution in [2.24, 2.45) is 0 Å². The van der Waals surface area contributed by atoms with Crippen LogP contribution in [0.1, 0.15) is 21.8 Å². The minimum Gasteiger partial charge on any atom is -0.353 e. The predicted molar refractivity (Wildman–Crippen MR) is 134 cm³/mol. The number of thiophene rings is 1. The number of rotatable bonds is 5. The van der Waals surface area contributed by atoms with Crippen molar-refractivity contribution in [2.75, 3.05) is 31.1 Å². The molecule has 1 fully saturated rings. The van der Waals surface area contributed by atoms with Crippen LogP contribution in [0, 0.1) is 13.8 Å². The first-order valence-corrected chi connectivity index (χ1v) is 13.3. The molecule has 0 saturated carbocycles. The average molecular weight is 479 g/mol. The van der Waals surface area contributed by atoms with Crippen molar-refractivity contribution in [3.05, 3.63) is 82.5 Å². The first-order chi connectivity index (χ1) is 15.9. The number of sulfonamides is 1. The molecule has 0 aliphatic carbocycles. The fraction of sp³-hybridized carbons (Fsp3) is 0.280. The lowest BCUT2D eigenvalue weighted by molar-refractivity contribution is 0.384. The summed E-state index contributed by atoms with van der Waals surface area (Å²) in [6.45, 7) is 6.28. The molecule has 5 rings (SSSR count). The number of anilines is 1. The SMILES string of the molecule is Cc1sc2nc(Cc3ccccc3)nc(N3CCN(S(=O)(=O)c4ccccc4)CC3)c2c1C. The summed E-state index contributed by atoms with van der Waals surface area (Å²) < 4.78 is 27.7. The minimum absolute atomic E-state index is 0.345. The molecule has 1 aliphatic heterocycles. The van der Waals surface area contributed by atoms with Crippen LogP contribution in [0.25, 0.3) is 10.2 Å². The van der Waals surface area contributed by atoms with E-state index in [0.29, 0.717) is 37.5 Å². The van der Waals surface area contributed by atoms with Gasteiger partial charge in [0.15, 0.2) is 0 Å². The molecule has 0 atom stereocenters. The number of aryl methyl sites for hydroxylation is 2. The van der Waals surface area contributed by atoms with Gasteiger partial charge in [-0.15, -0.1) is 11.3 Å². The van der Waals surface area contributed by atoms with E-state index >= 15 is 0 Å². The van der Waals surface area contributed by atoms with Gasteiger partial charge in [0.2, 0.25) is 10.0 Å². The number of fused-ring (bicyclic) bond motifs is 1. The Balaban J connectivity index is 1.45. The third kappa shape index (κ3) is 4.26. The maximum Gasteiger partial charge on any atom is 0.243 e. The average Bonchev–Trinajstić information content (AvgIpc) is 3.13. The Hall–Kier alpha value is -2.81. The molecule has 0 spiro atoms. The molecule has 0 radical (unpaired) electrons. The molecule has 1 aliphatic rings. The number of benzene rings is 2. The summed E-state index contributed by atoms with van der Waals surface area (Å²) in [4.78, 5) is 14.7. The second kappa shape index (κ2) is 8.85. The van der Waals surface area contributed by atoms with E-state index in [1.54, 1.807) is 39.9 Å². The molecule has 3 heterocycles. The first kappa shape index (κ1) is 22.0. The number of hydrogen-bond acceptors (Lipinski definition) is 6. The molecule has 6 nitrogen and oxygen atoms in total. The molecule has 0 unspecified atom stereocenters. The molecule has 2 aromatic heterocycles. The van der Waals surface area contributed by atoms with Crippen molar-refractivity contribution in [3.63, 3.8) is 0 Å². The van der Waals surface area contributed by atoms with Crippen molar-refractivity contribution in [2.45, 2.75) is 25.2 Å². The van der Waals surface area contributed by atoms with Gasteiger partial charge >= 0.3 is 0 Å². The van der Waals surface area contributed by atoms with E-state index in [-0.39, 0.29) is 0 Å². The Morgan fingerprint density at radius 2 is 1.52 bits per heavy atom. The van der Waals surface area contributed by atoms with Crippen LogP contribution in [0.4, 0.5) is 5.82 Å². The van der Waals surface area contributed by atoms with Crippen LogP contribution in [-0.2, 0) is 16.4 Å². The van der Waals surface area contributed by atoms with Crippen molar-refractivity contribution < 1.29 is 8.42 Å². The van der Waals surface area contributed by atoms with Crippen LogP contribution < -0.4 is 4.90 Å². The molecule has 2 aromatic carbocycles. The fourth-order valence-corrected chi connectivity index (χ4v) is 6.73. The quantitative estimate of drug-likeness (QED) is 0.425. The number of nitrogens with zero attached hydrogens (tertiary/aromatic N) is 4. The van der Waals surface area contributed by atoms with Crippen LogP contribution in [-0.4, -0.2) is 48.9 Å². The van der Waals surface area contributed by atoms with Crippen molar-refractivity contribution in [3.8, 4) is 0 Å². The van der Waals surface area contributed by atoms with Gasteiger partial charge in [-0.3, -0.25) is 0 Å². The Labute approximate surface area is 198 Å². The van der Waals surface area contributed by atoms with Gasteiger partial charge in [0.25, 0.3) is 0 Å². The molecular weight excluding hydrogens is 452 g/mol. The van der Waals surface area contributed by atoms with Gasteiger partial charge in [-0.1, -0.05) is 48.5 Å². The van der Waals surface area contributed by atoms with E-state index < -0.39 is 10.0 Å². The van der Waals surface area contributed by atoms with Crippen LogP contribution in [0.3, 0.4) is 0 Å². The Bertz CT molecular complexity index is 1380. The standard InChI is InChI=1S/C25H26N4O2S2/c1-18-19(2)32-25-23(18)24(26-22(27-25)17-20-9-5-3-6-10-20)28-13-15-29(16-14-28)33(30,31)21-11-7-4-8-12-21/h3-12H,13-17H2,1-2H3. The smallest absolute Gasteiger partial charge is 0.243 e. The van der Waals surface area contributed by atoms with Crippen molar-refractivity contribution >= 4 is 37.4 Å². The van der Waals surface area contributed by atoms with E-state index in [1.807, 2.05) is 24.3 Å². The lowest BCUT2D eigenvalue weighted by Crippen LogP contribution is -2.49. The zero-order valence-electron chi connectivity index (χ0n) is 18.7. The highest BCUT2D eigenvalue weighted by Gasteiger charge is 2.30. The molecule has 1 saturated heterocycles. The van der Waals surface area contributed by atoms with Crippen LogP contribution in [0.2, 0.25) is 0 Å². The second-order valence-corrected chi connectivity index (χ2v) is 11.4. The zero-order valence-corrected chi connectivity index (χ0v) is 20.4. The lowest BCUT2D eigenvalue weighted by Gasteiger charge is -2.35. The highest BCUT2D eigenvalue weighted by atomic mass is 32.2. The molecule has 170 valence electrons. The third-order valence-corrected chi connectivity index (χ3v) is 9.19. The van der Waals surface area contributed by atoms with E-state index in [1.165, 1.54) is 16.0 Å². The summed E-state index contributed by atoms with van der Waals surface area (Å²) in [6.07, 6.45) is 0.669. The maximum atomic E-state index is 13.0. The fourth-order valence-electron chi connectivity index (χ4n) is 4.24. The third-order valence-electron chi connectivity index (χ3n) is 6.18. The number of hydrogen-bond donors (Lipinski definition) is 0. The van der Waals surface area contributed by atoms with E-state index in [9.17, 15) is 8.42 Å². The maximum absolute atomic E-state index is 13.0. The van der Waals surface area contributed by atoms with Crippen molar-refractivity contribution in [1.29, 1.82) is 0 Å². The second-order valence-electron chi connectivity index (χ2n) is 8.29. The number of piperazine rings is 1. The topological polar surface area (TPSA) is 66.4 Å². The van der Waals surface area contributed by atoms with E-state index in [2.05, 4.69) is 30.9 Å². The van der Waals surface area contributed by atoms with Crippen LogP contribution in [0.5, 0.6) is 0 Å². The molecule has 8 heteroatoms. The van der Waals surface area contributed by atoms with Gasteiger partial charge in [0.05, 0.1) is 10.3 Å². The summed E-state index contributed by atoms with van der Waals surface area (Å²) in [5, 5.41) is 1.09. The van der Waals surface area contributed by atoms with Crippen LogP contribution in [0.15, 0.2) is 65.6 Å². The van der Waals surface area contributed by atoms with E-state index in [0.717, 1.165) is 21.9 Å². The summed E-state index contributed by atoms with van der Waals surface area (Å²) in [5.74, 6) is 1.72. The predicted octanol–water partition coefficient (Wildman–Crippen LogP) is 4.41. The van der Waals surface area contributed by atoms with Crippen molar-refractivity contribution in [1.82, 2.24) is 14.3 Å². The molecular formula is C25H26N4O2S2. The Morgan fingerprint density at radius 3 is 2.18 bits per heavy atom. The molecule has 4 aromatic rings. The first-order valence-electron chi connectivity index (χ1n) is 11.0. The lowest BCUT2D eigenvalue weighted by atomic mass is 10.1. The van der Waals surface area contributed by atoms with Gasteiger partial charge < -0.3 is 4.90 Å². The molecule has 0 N–H and O–H groups in total. The summed E-state index contributed by atoms with van der Waals surface area (Å²) >= 11 is 1.70. The summed E-state index contributed by atoms with van der Waals surface area (Å²) in [6, 6.07) is 18.9. The highest BCUT2D eigenvalue weighted by molar-refractivity contribution is 7.89. The highest BCUT2D eigenvalue weighted by Crippen LogP contribution is 2.36.